The summed E-state index contributed by atoms with van der Waals surface area (Å²) in [6.07, 6.45) is -0.964. The summed E-state index contributed by atoms with van der Waals surface area (Å²) in [6, 6.07) is -0.0238. The lowest BCUT2D eigenvalue weighted by Crippen LogP contribution is -2.38. The van der Waals surface area contributed by atoms with Crippen LogP contribution < -0.4 is 5.32 Å². The van der Waals surface area contributed by atoms with Gasteiger partial charge < -0.3 is 10.2 Å². The first kappa shape index (κ1) is 16.7. The molecule has 25 heavy (non-hydrogen) atoms. The minimum absolute atomic E-state index is 0.00504. The number of hydrogen-bond donors (Lipinski definition) is 1. The van der Waals surface area contributed by atoms with E-state index in [1.165, 1.54) is 0 Å². The molecule has 2 aliphatic heterocycles. The molecule has 2 fully saturated rings. The highest BCUT2D eigenvalue weighted by Gasteiger charge is 2.46. The quantitative estimate of drug-likeness (QED) is 0.904. The summed E-state index contributed by atoms with van der Waals surface area (Å²) in [7, 11) is 0. The Labute approximate surface area is 144 Å². The Morgan fingerprint density at radius 2 is 2.12 bits per heavy atom. The lowest BCUT2D eigenvalue weighted by molar-refractivity contribution is -0.173. The first-order chi connectivity index (χ1) is 11.9. The Morgan fingerprint density at radius 1 is 1.36 bits per heavy atom. The zero-order valence-corrected chi connectivity index (χ0v) is 14.2. The van der Waals surface area contributed by atoms with E-state index in [9.17, 15) is 18.0 Å². The number of hydrogen-bond acceptors (Lipinski definition) is 3. The van der Waals surface area contributed by atoms with E-state index in [4.69, 9.17) is 0 Å². The molecule has 1 saturated carbocycles. The van der Waals surface area contributed by atoms with E-state index in [1.54, 1.807) is 6.07 Å². The summed E-state index contributed by atoms with van der Waals surface area (Å²) < 4.78 is 41.4. The molecule has 4 rings (SSSR count). The van der Waals surface area contributed by atoms with Crippen LogP contribution in [0.15, 0.2) is 6.07 Å². The lowest BCUT2D eigenvalue weighted by Gasteiger charge is -2.32. The predicted octanol–water partition coefficient (Wildman–Crippen LogP) is 3.31. The third kappa shape index (κ3) is 3.11. The molecule has 0 bridgehead atoms. The monoisotopic (exact) mass is 356 g/mol. The van der Waals surface area contributed by atoms with Crippen LogP contribution >= 0.6 is 0 Å². The number of fused-ring (bicyclic) bond motifs is 1. The van der Waals surface area contributed by atoms with Crippen molar-refractivity contribution in [3.63, 3.8) is 0 Å². The van der Waals surface area contributed by atoms with Gasteiger partial charge in [0.25, 0.3) is 0 Å². The first-order valence-corrected chi connectivity index (χ1v) is 9.08. The van der Waals surface area contributed by atoms with Gasteiger partial charge in [-0.2, -0.15) is 18.3 Å². The van der Waals surface area contributed by atoms with Crippen molar-refractivity contribution in [2.45, 2.75) is 63.2 Å². The van der Waals surface area contributed by atoms with Crippen molar-refractivity contribution in [3.05, 3.63) is 11.8 Å². The van der Waals surface area contributed by atoms with Crippen molar-refractivity contribution in [2.24, 2.45) is 5.92 Å². The summed E-state index contributed by atoms with van der Waals surface area (Å²) in [6.45, 7) is 3.13. The summed E-state index contributed by atoms with van der Waals surface area (Å²) in [4.78, 5) is 14.0. The van der Waals surface area contributed by atoms with Crippen LogP contribution in [0.3, 0.4) is 0 Å². The Balaban J connectivity index is 1.55. The molecule has 3 atom stereocenters. The maximum atomic E-state index is 13.4. The number of carbonyl (C=O) groups excluding carboxylic acids is 1. The van der Waals surface area contributed by atoms with E-state index in [1.807, 2.05) is 11.8 Å². The maximum absolute atomic E-state index is 13.4. The van der Waals surface area contributed by atoms with Crippen LogP contribution in [0.2, 0.25) is 0 Å². The third-order valence-electron chi connectivity index (χ3n) is 5.63. The van der Waals surface area contributed by atoms with Crippen LogP contribution in [0.25, 0.3) is 0 Å². The van der Waals surface area contributed by atoms with Gasteiger partial charge in [-0.3, -0.25) is 4.79 Å². The number of amides is 1. The first-order valence-electron chi connectivity index (χ1n) is 9.08. The molecule has 8 heteroatoms. The average molecular weight is 356 g/mol. The molecule has 138 valence electrons. The molecular weight excluding hydrogens is 333 g/mol. The molecule has 1 aromatic rings. The molecule has 5 nitrogen and oxygen atoms in total. The number of anilines is 1. The van der Waals surface area contributed by atoms with Crippen LogP contribution in [-0.2, 0) is 4.79 Å². The zero-order chi connectivity index (χ0) is 17.8. The molecule has 3 heterocycles. The molecule has 1 unspecified atom stereocenters. The van der Waals surface area contributed by atoms with Crippen LogP contribution in [-0.4, -0.2) is 45.9 Å². The number of alkyl halides is 3. The number of carbonyl (C=O) groups is 1. The van der Waals surface area contributed by atoms with Gasteiger partial charge in [-0.05, 0) is 32.1 Å². The number of nitrogens with one attached hydrogen (secondary N) is 1. The predicted molar refractivity (Wildman–Crippen MR) is 86.3 cm³/mol. The molecule has 0 radical (unpaired) electrons. The topological polar surface area (TPSA) is 50.2 Å². The number of nitrogens with zero attached hydrogens (tertiary/aromatic N) is 3. The minimum atomic E-state index is -4.31. The molecule has 0 aromatic carbocycles. The SMILES string of the molecule is CC[C@@H]1C[C@H](C(F)(F)F)n2nc(C3CCN(C(=O)C4CC4)C3)cc2N1. The van der Waals surface area contributed by atoms with Gasteiger partial charge in [0.05, 0.1) is 5.69 Å². The van der Waals surface area contributed by atoms with Gasteiger partial charge in [-0.1, -0.05) is 6.92 Å². The fourth-order valence-corrected chi connectivity index (χ4v) is 3.93. The van der Waals surface area contributed by atoms with Crippen molar-refractivity contribution in [2.75, 3.05) is 18.4 Å². The number of halogens is 3. The molecule has 1 amide bonds. The number of likely N-dealkylation sites (tertiary alicyclic amines) is 1. The highest BCUT2D eigenvalue weighted by molar-refractivity contribution is 5.81. The van der Waals surface area contributed by atoms with E-state index in [2.05, 4.69) is 10.4 Å². The molecule has 1 saturated heterocycles. The minimum Gasteiger partial charge on any atom is -0.367 e. The van der Waals surface area contributed by atoms with Gasteiger partial charge >= 0.3 is 6.18 Å². The van der Waals surface area contributed by atoms with Gasteiger partial charge in [0.15, 0.2) is 6.04 Å². The highest BCUT2D eigenvalue weighted by Crippen LogP contribution is 2.41. The second-order valence-electron chi connectivity index (χ2n) is 7.49. The molecule has 1 N–H and O–H groups in total. The molecular formula is C17H23F3N4O. The van der Waals surface area contributed by atoms with Crippen molar-refractivity contribution in [3.8, 4) is 0 Å². The van der Waals surface area contributed by atoms with E-state index in [-0.39, 0.29) is 30.2 Å². The normalized spacial score (nSPS) is 29.4. The largest absolute Gasteiger partial charge is 0.410 e. The van der Waals surface area contributed by atoms with Crippen molar-refractivity contribution >= 4 is 11.7 Å². The Morgan fingerprint density at radius 3 is 2.76 bits per heavy atom. The van der Waals surface area contributed by atoms with Gasteiger partial charge in [0, 0.05) is 37.0 Å². The lowest BCUT2D eigenvalue weighted by atomic mass is 10.0. The van der Waals surface area contributed by atoms with Crippen LogP contribution in [0.1, 0.15) is 56.7 Å². The van der Waals surface area contributed by atoms with Crippen LogP contribution in [0.4, 0.5) is 19.0 Å². The smallest absolute Gasteiger partial charge is 0.367 e. The van der Waals surface area contributed by atoms with E-state index < -0.39 is 12.2 Å². The summed E-state index contributed by atoms with van der Waals surface area (Å²) in [5.74, 6) is 0.846. The Bertz CT molecular complexity index is 667. The fraction of sp³-hybridized carbons (Fsp3) is 0.765. The second-order valence-corrected chi connectivity index (χ2v) is 7.49. The highest BCUT2D eigenvalue weighted by atomic mass is 19.4. The van der Waals surface area contributed by atoms with Crippen molar-refractivity contribution in [1.29, 1.82) is 0 Å². The van der Waals surface area contributed by atoms with Crippen LogP contribution in [0.5, 0.6) is 0 Å². The second kappa shape index (κ2) is 5.92. The third-order valence-corrected chi connectivity index (χ3v) is 5.63. The molecule has 1 aliphatic carbocycles. The standard InChI is InChI=1S/C17H23F3N4O/c1-2-12-7-14(17(18,19)20)24-15(21-12)8-13(22-24)11-5-6-23(9-11)16(25)10-3-4-10/h8,10-12,14,21H,2-7,9H2,1H3/t11?,12-,14-/m1/s1. The van der Waals surface area contributed by atoms with Gasteiger partial charge in [0.1, 0.15) is 5.82 Å². The summed E-state index contributed by atoms with van der Waals surface area (Å²) in [5, 5.41) is 7.47. The van der Waals surface area contributed by atoms with Crippen molar-refractivity contribution in [1.82, 2.24) is 14.7 Å². The molecule has 0 spiro atoms. The molecule has 3 aliphatic rings. The van der Waals surface area contributed by atoms with E-state index >= 15 is 0 Å². The van der Waals surface area contributed by atoms with Gasteiger partial charge in [-0.25, -0.2) is 4.68 Å². The van der Waals surface area contributed by atoms with Gasteiger partial charge in [-0.15, -0.1) is 0 Å². The summed E-state index contributed by atoms with van der Waals surface area (Å²) >= 11 is 0. The zero-order valence-electron chi connectivity index (χ0n) is 14.2. The Kier molecular flexibility index (Phi) is 3.96. The average Bonchev–Trinajstić information content (AvgIpc) is 3.14. The fourth-order valence-electron chi connectivity index (χ4n) is 3.93. The maximum Gasteiger partial charge on any atom is 0.410 e. The van der Waals surface area contributed by atoms with E-state index in [0.717, 1.165) is 23.9 Å². The van der Waals surface area contributed by atoms with E-state index in [0.29, 0.717) is 31.0 Å². The summed E-state index contributed by atoms with van der Waals surface area (Å²) in [5.41, 5.74) is 0.666. The van der Waals surface area contributed by atoms with Gasteiger partial charge in [0.2, 0.25) is 5.91 Å². The number of rotatable bonds is 3. The number of aromatic nitrogens is 2. The molecule has 1 aromatic heterocycles. The van der Waals surface area contributed by atoms with Crippen molar-refractivity contribution < 1.29 is 18.0 Å². The Hall–Kier alpha value is -1.73. The van der Waals surface area contributed by atoms with Crippen LogP contribution in [0, 0.1) is 5.92 Å².